The van der Waals surface area contributed by atoms with Crippen LogP contribution in [0.1, 0.15) is 34.8 Å². The second-order valence-electron chi connectivity index (χ2n) is 5.98. The van der Waals surface area contributed by atoms with E-state index in [0.29, 0.717) is 11.1 Å². The molecule has 0 aliphatic rings. The highest BCUT2D eigenvalue weighted by atomic mass is 19.1. The van der Waals surface area contributed by atoms with Gasteiger partial charge < -0.3 is 14.5 Å². The van der Waals surface area contributed by atoms with Crippen molar-refractivity contribution in [2.45, 2.75) is 19.9 Å². The Labute approximate surface area is 160 Å². The molecule has 0 spiro atoms. The third kappa shape index (κ3) is 4.40. The number of aromatic nitrogens is 2. The third-order valence-corrected chi connectivity index (χ3v) is 3.89. The molecule has 2 aromatic carbocycles. The number of nitrogens with one attached hydrogen (secondary N) is 1. The molecule has 0 aliphatic carbocycles. The quantitative estimate of drug-likeness (QED) is 0.657. The number of carbonyl (C=O) groups is 2. The molecular weight excluding hydrogens is 365 g/mol. The highest BCUT2D eigenvalue weighted by molar-refractivity contribution is 5.96. The molecule has 28 heavy (non-hydrogen) atoms. The zero-order valence-corrected chi connectivity index (χ0v) is 15.3. The van der Waals surface area contributed by atoms with E-state index < -0.39 is 23.7 Å². The fourth-order valence-corrected chi connectivity index (χ4v) is 2.43. The smallest absolute Gasteiger partial charge is 0.338 e. The Morgan fingerprint density at radius 1 is 1.11 bits per heavy atom. The third-order valence-electron chi connectivity index (χ3n) is 3.89. The summed E-state index contributed by atoms with van der Waals surface area (Å²) in [5.74, 6) is -1.65. The summed E-state index contributed by atoms with van der Waals surface area (Å²) in [7, 11) is 0. The molecule has 3 aromatic rings. The first-order chi connectivity index (χ1) is 13.5. The van der Waals surface area contributed by atoms with E-state index >= 15 is 0 Å². The Hall–Kier alpha value is -3.55. The van der Waals surface area contributed by atoms with E-state index in [9.17, 15) is 14.0 Å². The van der Waals surface area contributed by atoms with Gasteiger partial charge in [-0.25, -0.2) is 9.18 Å². The number of ether oxygens (including phenoxy) is 1. The van der Waals surface area contributed by atoms with Crippen molar-refractivity contribution in [2.75, 3.05) is 6.61 Å². The number of aryl methyl sites for hydroxylation is 1. The molecule has 0 radical (unpaired) electrons. The summed E-state index contributed by atoms with van der Waals surface area (Å²) < 4.78 is 23.6. The van der Waals surface area contributed by atoms with Crippen LogP contribution in [0.3, 0.4) is 0 Å². The van der Waals surface area contributed by atoms with Crippen molar-refractivity contribution in [1.82, 2.24) is 15.5 Å². The molecule has 0 bridgehead atoms. The molecular formula is C20H18FN3O4. The number of hydrogen-bond donors (Lipinski definition) is 1. The number of benzene rings is 2. The second-order valence-corrected chi connectivity index (χ2v) is 5.98. The van der Waals surface area contributed by atoms with E-state index in [1.165, 1.54) is 24.3 Å². The molecule has 1 N–H and O–H groups in total. The summed E-state index contributed by atoms with van der Waals surface area (Å²) >= 11 is 0. The Morgan fingerprint density at radius 2 is 1.79 bits per heavy atom. The summed E-state index contributed by atoms with van der Waals surface area (Å²) in [5.41, 5.74) is 1.85. The van der Waals surface area contributed by atoms with Gasteiger partial charge in [0, 0.05) is 11.1 Å². The molecule has 1 amide bonds. The number of nitrogens with zero attached hydrogens (tertiary/aromatic N) is 2. The van der Waals surface area contributed by atoms with Crippen LogP contribution in [0, 0.1) is 12.7 Å². The van der Waals surface area contributed by atoms with Gasteiger partial charge in [-0.15, -0.1) is 10.2 Å². The molecule has 0 aliphatic heterocycles. The lowest BCUT2D eigenvalue weighted by atomic mass is 10.1. The number of esters is 1. The van der Waals surface area contributed by atoms with Gasteiger partial charge in [0.15, 0.2) is 0 Å². The van der Waals surface area contributed by atoms with Crippen molar-refractivity contribution in [1.29, 1.82) is 0 Å². The summed E-state index contributed by atoms with van der Waals surface area (Å²) in [6.07, 6.45) is 0. The topological polar surface area (TPSA) is 94.3 Å². The van der Waals surface area contributed by atoms with Crippen LogP contribution in [-0.4, -0.2) is 28.7 Å². The first-order valence-corrected chi connectivity index (χ1v) is 8.61. The van der Waals surface area contributed by atoms with Crippen LogP contribution < -0.4 is 5.32 Å². The molecule has 0 saturated carbocycles. The van der Waals surface area contributed by atoms with Crippen LogP contribution in [0.15, 0.2) is 52.9 Å². The molecule has 0 saturated heterocycles. The van der Waals surface area contributed by atoms with Gasteiger partial charge in [0.2, 0.25) is 11.9 Å². The van der Waals surface area contributed by atoms with Gasteiger partial charge in [-0.2, -0.15) is 0 Å². The number of rotatable bonds is 6. The van der Waals surface area contributed by atoms with Crippen molar-refractivity contribution < 1.29 is 23.1 Å². The molecule has 1 atom stereocenters. The minimum Gasteiger partial charge on any atom is -0.464 e. The van der Waals surface area contributed by atoms with Gasteiger partial charge in [0.1, 0.15) is 5.82 Å². The van der Waals surface area contributed by atoms with Gasteiger partial charge in [0.25, 0.3) is 11.8 Å². The van der Waals surface area contributed by atoms with Gasteiger partial charge in [-0.1, -0.05) is 17.7 Å². The maximum atomic E-state index is 13.1. The minimum absolute atomic E-state index is 0.0916. The fourth-order valence-electron chi connectivity index (χ4n) is 2.43. The number of carbonyl (C=O) groups excluding carboxylic acids is 2. The predicted molar refractivity (Wildman–Crippen MR) is 97.7 cm³/mol. The zero-order valence-electron chi connectivity index (χ0n) is 15.3. The summed E-state index contributed by atoms with van der Waals surface area (Å²) in [5, 5.41) is 10.3. The summed E-state index contributed by atoms with van der Waals surface area (Å²) in [6.45, 7) is 3.67. The van der Waals surface area contributed by atoms with Crippen LogP contribution in [0.25, 0.3) is 11.5 Å². The second kappa shape index (κ2) is 8.43. The monoisotopic (exact) mass is 383 g/mol. The predicted octanol–water partition coefficient (Wildman–Crippen LogP) is 3.22. The summed E-state index contributed by atoms with van der Waals surface area (Å²) in [4.78, 5) is 24.9. The van der Waals surface area contributed by atoms with E-state index in [2.05, 4.69) is 15.5 Å². The van der Waals surface area contributed by atoms with E-state index in [1.54, 1.807) is 31.2 Å². The van der Waals surface area contributed by atoms with Crippen LogP contribution in [0.2, 0.25) is 0 Å². The normalized spacial score (nSPS) is 11.7. The lowest BCUT2D eigenvalue weighted by Gasteiger charge is -2.14. The van der Waals surface area contributed by atoms with Gasteiger partial charge in [0.05, 0.1) is 6.61 Å². The zero-order chi connectivity index (χ0) is 20.1. The van der Waals surface area contributed by atoms with Crippen LogP contribution in [-0.2, 0) is 9.53 Å². The Bertz CT molecular complexity index is 968. The minimum atomic E-state index is -1.27. The maximum absolute atomic E-state index is 13.1. The van der Waals surface area contributed by atoms with Gasteiger partial charge >= 0.3 is 5.97 Å². The number of hydrogen-bond acceptors (Lipinski definition) is 6. The van der Waals surface area contributed by atoms with E-state index in [1.807, 2.05) is 6.92 Å². The average molecular weight is 383 g/mol. The number of amides is 1. The number of halogens is 1. The molecule has 8 heteroatoms. The summed E-state index contributed by atoms with van der Waals surface area (Å²) in [6, 6.07) is 11.0. The standard InChI is InChI=1S/C20H18FN3O4/c1-3-27-20(26)16(22-17(25)13-6-4-12(2)5-7-13)19-24-23-18(28-19)14-8-10-15(21)11-9-14/h4-11,16H,3H2,1-2H3,(H,22,25)/t16-/m0/s1. The van der Waals surface area contributed by atoms with Gasteiger partial charge in [-0.05, 0) is 50.2 Å². The van der Waals surface area contributed by atoms with Crippen LogP contribution in [0.4, 0.5) is 4.39 Å². The van der Waals surface area contributed by atoms with E-state index in [4.69, 9.17) is 9.15 Å². The molecule has 1 aromatic heterocycles. The van der Waals surface area contributed by atoms with Crippen molar-refractivity contribution in [2.24, 2.45) is 0 Å². The van der Waals surface area contributed by atoms with Crippen molar-refractivity contribution >= 4 is 11.9 Å². The maximum Gasteiger partial charge on any atom is 0.338 e. The van der Waals surface area contributed by atoms with Crippen molar-refractivity contribution in [3.8, 4) is 11.5 Å². The molecule has 7 nitrogen and oxygen atoms in total. The lowest BCUT2D eigenvalue weighted by molar-refractivity contribution is -0.146. The highest BCUT2D eigenvalue weighted by Crippen LogP contribution is 2.22. The Kier molecular flexibility index (Phi) is 5.78. The molecule has 0 fully saturated rings. The molecule has 144 valence electrons. The van der Waals surface area contributed by atoms with Crippen molar-refractivity contribution in [3.05, 3.63) is 71.4 Å². The first kappa shape index (κ1) is 19.2. The molecule has 1 heterocycles. The highest BCUT2D eigenvalue weighted by Gasteiger charge is 2.30. The largest absolute Gasteiger partial charge is 0.464 e. The first-order valence-electron chi connectivity index (χ1n) is 8.61. The van der Waals surface area contributed by atoms with Crippen molar-refractivity contribution in [3.63, 3.8) is 0 Å². The van der Waals surface area contributed by atoms with E-state index in [0.717, 1.165) is 5.56 Å². The van der Waals surface area contributed by atoms with Gasteiger partial charge in [-0.3, -0.25) is 4.79 Å². The Balaban J connectivity index is 1.85. The SMILES string of the molecule is CCOC(=O)[C@@H](NC(=O)c1ccc(C)cc1)c1nnc(-c2ccc(F)cc2)o1. The fraction of sp³-hybridized carbons (Fsp3) is 0.200. The molecule has 3 rings (SSSR count). The average Bonchev–Trinajstić information content (AvgIpc) is 3.17. The lowest BCUT2D eigenvalue weighted by Crippen LogP contribution is -2.35. The Morgan fingerprint density at radius 3 is 2.43 bits per heavy atom. The molecule has 0 unspecified atom stereocenters. The van der Waals surface area contributed by atoms with E-state index in [-0.39, 0.29) is 18.4 Å². The van der Waals surface area contributed by atoms with Crippen LogP contribution >= 0.6 is 0 Å². The van der Waals surface area contributed by atoms with Crippen LogP contribution in [0.5, 0.6) is 0 Å².